The van der Waals surface area contributed by atoms with E-state index in [1.165, 1.54) is 20.5 Å². The van der Waals surface area contributed by atoms with Crippen molar-refractivity contribution in [3.05, 3.63) is 34.6 Å². The summed E-state index contributed by atoms with van der Waals surface area (Å²) in [6.07, 6.45) is 1.94. The molecule has 0 saturated heterocycles. The highest BCUT2D eigenvalue weighted by Crippen LogP contribution is 2.35. The number of methoxy groups -OCH3 is 3. The lowest BCUT2D eigenvalue weighted by Gasteiger charge is -2.13. The van der Waals surface area contributed by atoms with Crippen LogP contribution in [0.4, 0.5) is 23.0 Å². The predicted octanol–water partition coefficient (Wildman–Crippen LogP) is 2.59. The van der Waals surface area contributed by atoms with Gasteiger partial charge in [0.15, 0.2) is 0 Å². The molecule has 1 aromatic carbocycles. The molecule has 140 valence electrons. The highest BCUT2D eigenvalue weighted by Gasteiger charge is 2.23. The molecule has 2 N–H and O–H groups in total. The van der Waals surface area contributed by atoms with E-state index in [-0.39, 0.29) is 17.3 Å². The monoisotopic (exact) mass is 363 g/mol. The van der Waals surface area contributed by atoms with E-state index < -0.39 is 4.92 Å². The number of benzene rings is 1. The minimum atomic E-state index is -0.534. The number of hydrogen-bond donors (Lipinski definition) is 2. The summed E-state index contributed by atoms with van der Waals surface area (Å²) in [5.74, 6) is 1.24. The van der Waals surface area contributed by atoms with Gasteiger partial charge in [0.2, 0.25) is 11.6 Å². The molecule has 1 heterocycles. The largest absolute Gasteiger partial charge is 0.497 e. The van der Waals surface area contributed by atoms with Gasteiger partial charge in [0.25, 0.3) is 0 Å². The van der Waals surface area contributed by atoms with Gasteiger partial charge < -0.3 is 24.8 Å². The van der Waals surface area contributed by atoms with Crippen LogP contribution in [0.5, 0.6) is 11.5 Å². The molecule has 0 aliphatic carbocycles. The lowest BCUT2D eigenvalue weighted by atomic mass is 10.2. The first kappa shape index (κ1) is 19.2. The molecule has 0 atom stereocenters. The topological polar surface area (TPSA) is 121 Å². The second-order valence-electron chi connectivity index (χ2n) is 5.14. The maximum atomic E-state index is 11.6. The predicted molar refractivity (Wildman–Crippen MR) is 96.5 cm³/mol. The Hall–Kier alpha value is -3.14. The van der Waals surface area contributed by atoms with Gasteiger partial charge in [-0.3, -0.25) is 10.1 Å². The van der Waals surface area contributed by atoms with Crippen molar-refractivity contribution in [2.45, 2.75) is 6.42 Å². The molecular weight excluding hydrogens is 342 g/mol. The van der Waals surface area contributed by atoms with Gasteiger partial charge in [-0.1, -0.05) is 0 Å². The lowest BCUT2D eigenvalue weighted by molar-refractivity contribution is -0.383. The number of nitrogens with zero attached hydrogens (tertiary/aromatic N) is 3. The van der Waals surface area contributed by atoms with Crippen LogP contribution in [0, 0.1) is 10.1 Å². The summed E-state index contributed by atoms with van der Waals surface area (Å²) in [6.45, 7) is 1.02. The van der Waals surface area contributed by atoms with Crippen molar-refractivity contribution in [2.24, 2.45) is 0 Å². The fourth-order valence-electron chi connectivity index (χ4n) is 2.24. The van der Waals surface area contributed by atoms with Gasteiger partial charge in [-0.25, -0.2) is 9.97 Å². The third kappa shape index (κ3) is 4.70. The number of nitro groups is 1. The van der Waals surface area contributed by atoms with E-state index in [2.05, 4.69) is 20.6 Å². The summed E-state index contributed by atoms with van der Waals surface area (Å²) in [7, 11) is 4.63. The highest BCUT2D eigenvalue weighted by atomic mass is 16.6. The second-order valence-corrected chi connectivity index (χ2v) is 5.14. The van der Waals surface area contributed by atoms with Crippen molar-refractivity contribution in [1.29, 1.82) is 0 Å². The van der Waals surface area contributed by atoms with Gasteiger partial charge in [-0.15, -0.1) is 0 Å². The highest BCUT2D eigenvalue weighted by molar-refractivity contribution is 5.76. The van der Waals surface area contributed by atoms with E-state index in [1.54, 1.807) is 25.3 Å². The first-order valence-corrected chi connectivity index (χ1v) is 7.82. The van der Waals surface area contributed by atoms with E-state index in [4.69, 9.17) is 14.2 Å². The Kier molecular flexibility index (Phi) is 6.92. The van der Waals surface area contributed by atoms with Crippen LogP contribution in [0.1, 0.15) is 6.42 Å². The maximum Gasteiger partial charge on any atom is 0.353 e. The summed E-state index contributed by atoms with van der Waals surface area (Å²) in [4.78, 5) is 19.0. The van der Waals surface area contributed by atoms with Gasteiger partial charge in [0.1, 0.15) is 17.8 Å². The summed E-state index contributed by atoms with van der Waals surface area (Å²) in [5, 5.41) is 17.4. The maximum absolute atomic E-state index is 11.6. The zero-order valence-electron chi connectivity index (χ0n) is 14.8. The minimum Gasteiger partial charge on any atom is -0.497 e. The molecule has 10 heteroatoms. The van der Waals surface area contributed by atoms with Gasteiger partial charge in [-0.2, -0.15) is 0 Å². The molecule has 26 heavy (non-hydrogen) atoms. The van der Waals surface area contributed by atoms with E-state index in [9.17, 15) is 10.1 Å². The van der Waals surface area contributed by atoms with Gasteiger partial charge >= 0.3 is 5.69 Å². The van der Waals surface area contributed by atoms with Crippen molar-refractivity contribution >= 4 is 23.0 Å². The Balaban J connectivity index is 2.33. The first-order valence-electron chi connectivity index (χ1n) is 7.82. The molecule has 0 aliphatic heterocycles. The van der Waals surface area contributed by atoms with E-state index in [0.29, 0.717) is 36.8 Å². The number of ether oxygens (including phenoxy) is 3. The quantitative estimate of drug-likeness (QED) is 0.373. The molecule has 1 aromatic heterocycles. The van der Waals surface area contributed by atoms with Crippen molar-refractivity contribution in [2.75, 3.05) is 45.1 Å². The zero-order chi connectivity index (χ0) is 18.9. The zero-order valence-corrected chi connectivity index (χ0v) is 14.8. The van der Waals surface area contributed by atoms with E-state index in [1.807, 2.05) is 0 Å². The Morgan fingerprint density at radius 3 is 2.58 bits per heavy atom. The van der Waals surface area contributed by atoms with E-state index in [0.717, 1.165) is 0 Å². The summed E-state index contributed by atoms with van der Waals surface area (Å²) < 4.78 is 15.4. The first-order chi connectivity index (χ1) is 12.6. The normalized spacial score (nSPS) is 10.3. The van der Waals surface area contributed by atoms with Crippen molar-refractivity contribution in [3.63, 3.8) is 0 Å². The molecule has 0 saturated carbocycles. The molecule has 10 nitrogen and oxygen atoms in total. The third-order valence-electron chi connectivity index (χ3n) is 3.48. The van der Waals surface area contributed by atoms with Crippen LogP contribution in [0.15, 0.2) is 24.5 Å². The molecular formula is C16H21N5O5. The van der Waals surface area contributed by atoms with Gasteiger partial charge in [0.05, 0.1) is 24.8 Å². The molecule has 0 aliphatic rings. The van der Waals surface area contributed by atoms with Crippen LogP contribution in [0.25, 0.3) is 0 Å². The minimum absolute atomic E-state index is 0.0470. The van der Waals surface area contributed by atoms with Crippen LogP contribution in [0.3, 0.4) is 0 Å². The number of anilines is 3. The van der Waals surface area contributed by atoms with Crippen molar-refractivity contribution in [1.82, 2.24) is 9.97 Å². The number of aromatic nitrogens is 2. The summed E-state index contributed by atoms with van der Waals surface area (Å²) in [6, 6.07) is 5.08. The lowest BCUT2D eigenvalue weighted by Crippen LogP contribution is -2.10. The summed E-state index contributed by atoms with van der Waals surface area (Å²) >= 11 is 0. The second kappa shape index (κ2) is 9.37. The molecule has 0 spiro atoms. The Morgan fingerprint density at radius 1 is 1.15 bits per heavy atom. The Labute approximate surface area is 150 Å². The van der Waals surface area contributed by atoms with Crippen LogP contribution < -0.4 is 20.1 Å². The van der Waals surface area contributed by atoms with Crippen molar-refractivity contribution in [3.8, 4) is 11.5 Å². The number of rotatable bonds is 10. The van der Waals surface area contributed by atoms with Crippen molar-refractivity contribution < 1.29 is 19.1 Å². The molecule has 0 unspecified atom stereocenters. The van der Waals surface area contributed by atoms with Gasteiger partial charge in [-0.05, 0) is 18.6 Å². The molecule has 0 fully saturated rings. The Bertz CT molecular complexity index is 756. The van der Waals surface area contributed by atoms with Gasteiger partial charge in [0, 0.05) is 26.3 Å². The summed E-state index contributed by atoms with van der Waals surface area (Å²) in [5.41, 5.74) is 0.230. The van der Waals surface area contributed by atoms with Crippen LogP contribution >= 0.6 is 0 Å². The molecule has 2 rings (SSSR count). The fraction of sp³-hybridized carbons (Fsp3) is 0.375. The smallest absolute Gasteiger partial charge is 0.353 e. The average Bonchev–Trinajstić information content (AvgIpc) is 2.65. The molecule has 0 bridgehead atoms. The Morgan fingerprint density at radius 2 is 1.92 bits per heavy atom. The SMILES string of the molecule is COCCCNc1ncnc(Nc2cc(OC)ccc2OC)c1[N+](=O)[O-]. The van der Waals surface area contributed by atoms with Crippen LogP contribution in [0.2, 0.25) is 0 Å². The third-order valence-corrected chi connectivity index (χ3v) is 3.48. The van der Waals surface area contributed by atoms with Crippen LogP contribution in [-0.2, 0) is 4.74 Å². The molecule has 0 amide bonds. The number of hydrogen-bond acceptors (Lipinski definition) is 9. The van der Waals surface area contributed by atoms with Crippen LogP contribution in [-0.4, -0.2) is 49.4 Å². The van der Waals surface area contributed by atoms with E-state index >= 15 is 0 Å². The average molecular weight is 363 g/mol. The fourth-order valence-corrected chi connectivity index (χ4v) is 2.24. The molecule has 0 radical (unpaired) electrons. The standard InChI is InChI=1S/C16H21N5O5/c1-24-8-4-7-17-15-14(21(22)23)16(19-10-18-15)20-12-9-11(25-2)5-6-13(12)26-3/h5-6,9-10H,4,7-8H2,1-3H3,(H2,17,18,19,20). The number of nitrogens with one attached hydrogen (secondary N) is 2. The molecule has 2 aromatic rings.